The fraction of sp³-hybridized carbons (Fsp3) is 0.357. The van der Waals surface area contributed by atoms with Crippen LogP contribution in [-0.2, 0) is 25.4 Å². The van der Waals surface area contributed by atoms with E-state index < -0.39 is 0 Å². The van der Waals surface area contributed by atoms with Gasteiger partial charge in [-0.1, -0.05) is 24.3 Å². The molecule has 1 aliphatic rings. The van der Waals surface area contributed by atoms with E-state index in [4.69, 9.17) is 5.73 Å². The molecule has 0 saturated carbocycles. The minimum atomic E-state index is -0.209. The monoisotopic (exact) mass is 227 g/mol. The maximum atomic E-state index is 6.57. The second kappa shape index (κ2) is 3.70. The minimum absolute atomic E-state index is 0.209. The standard InChI is InChI=1S/C14H17N3/c1-17-10-11(9-16-17)8-14(15)7-6-12-4-2-3-5-13(12)14/h2-5,9-10H,6-8,15H2,1H3. The molecule has 0 amide bonds. The van der Waals surface area contributed by atoms with Crippen molar-refractivity contribution in [1.82, 2.24) is 9.78 Å². The van der Waals surface area contributed by atoms with Crippen LogP contribution in [0.4, 0.5) is 0 Å². The van der Waals surface area contributed by atoms with Gasteiger partial charge in [-0.05, 0) is 36.0 Å². The van der Waals surface area contributed by atoms with Crippen molar-refractivity contribution in [3.63, 3.8) is 0 Å². The zero-order valence-corrected chi connectivity index (χ0v) is 10.1. The maximum Gasteiger partial charge on any atom is 0.0522 e. The van der Waals surface area contributed by atoms with Gasteiger partial charge >= 0.3 is 0 Å². The summed E-state index contributed by atoms with van der Waals surface area (Å²) in [7, 11) is 1.94. The van der Waals surface area contributed by atoms with E-state index in [0.29, 0.717) is 0 Å². The van der Waals surface area contributed by atoms with Gasteiger partial charge in [-0.15, -0.1) is 0 Å². The van der Waals surface area contributed by atoms with Crippen LogP contribution >= 0.6 is 0 Å². The lowest BCUT2D eigenvalue weighted by molar-refractivity contribution is 0.439. The molecule has 3 rings (SSSR count). The molecule has 1 atom stereocenters. The Morgan fingerprint density at radius 3 is 3.00 bits per heavy atom. The summed E-state index contributed by atoms with van der Waals surface area (Å²) in [6.45, 7) is 0. The van der Waals surface area contributed by atoms with Crippen molar-refractivity contribution in [3.05, 3.63) is 53.3 Å². The van der Waals surface area contributed by atoms with Crippen molar-refractivity contribution in [2.75, 3.05) is 0 Å². The van der Waals surface area contributed by atoms with Crippen molar-refractivity contribution in [1.29, 1.82) is 0 Å². The van der Waals surface area contributed by atoms with Gasteiger partial charge in [0.2, 0.25) is 0 Å². The van der Waals surface area contributed by atoms with E-state index in [9.17, 15) is 0 Å². The first kappa shape index (κ1) is 10.5. The highest BCUT2D eigenvalue weighted by Gasteiger charge is 2.34. The quantitative estimate of drug-likeness (QED) is 0.849. The van der Waals surface area contributed by atoms with E-state index in [-0.39, 0.29) is 5.54 Å². The normalized spacial score (nSPS) is 22.7. The average molecular weight is 227 g/mol. The molecule has 3 nitrogen and oxygen atoms in total. The molecule has 0 saturated heterocycles. The Hall–Kier alpha value is -1.61. The zero-order chi connectivity index (χ0) is 11.9. The van der Waals surface area contributed by atoms with Gasteiger partial charge in [0.15, 0.2) is 0 Å². The van der Waals surface area contributed by atoms with Crippen LogP contribution in [-0.4, -0.2) is 9.78 Å². The lowest BCUT2D eigenvalue weighted by Gasteiger charge is -2.24. The van der Waals surface area contributed by atoms with Crippen LogP contribution < -0.4 is 5.73 Å². The molecule has 0 aliphatic heterocycles. The Labute approximate surface area is 101 Å². The molecule has 0 radical (unpaired) electrons. The fourth-order valence-corrected chi connectivity index (χ4v) is 2.83. The number of aromatic nitrogens is 2. The molecule has 0 bridgehead atoms. The van der Waals surface area contributed by atoms with E-state index in [1.54, 1.807) is 0 Å². The van der Waals surface area contributed by atoms with Gasteiger partial charge in [0.1, 0.15) is 0 Å². The van der Waals surface area contributed by atoms with Gasteiger partial charge in [-0.3, -0.25) is 4.68 Å². The predicted octanol–water partition coefficient (Wildman–Crippen LogP) is 1.76. The summed E-state index contributed by atoms with van der Waals surface area (Å²) in [4.78, 5) is 0. The van der Waals surface area contributed by atoms with Crippen LogP contribution in [0.5, 0.6) is 0 Å². The van der Waals surface area contributed by atoms with Gasteiger partial charge < -0.3 is 5.73 Å². The van der Waals surface area contributed by atoms with E-state index in [2.05, 4.69) is 35.6 Å². The number of nitrogens with zero attached hydrogens (tertiary/aromatic N) is 2. The number of nitrogens with two attached hydrogens (primary N) is 1. The van der Waals surface area contributed by atoms with Crippen LogP contribution in [0.3, 0.4) is 0 Å². The van der Waals surface area contributed by atoms with Crippen molar-refractivity contribution in [2.45, 2.75) is 24.8 Å². The third kappa shape index (κ3) is 1.76. The van der Waals surface area contributed by atoms with Crippen LogP contribution in [0, 0.1) is 0 Å². The number of rotatable bonds is 2. The second-order valence-corrected chi connectivity index (χ2v) is 5.01. The van der Waals surface area contributed by atoms with Crippen LogP contribution in [0.15, 0.2) is 36.7 Å². The van der Waals surface area contributed by atoms with E-state index in [0.717, 1.165) is 19.3 Å². The highest BCUT2D eigenvalue weighted by atomic mass is 15.2. The Balaban J connectivity index is 1.93. The maximum absolute atomic E-state index is 6.57. The lowest BCUT2D eigenvalue weighted by atomic mass is 9.87. The summed E-state index contributed by atoms with van der Waals surface area (Å²) in [5.41, 5.74) is 10.3. The van der Waals surface area contributed by atoms with E-state index in [1.165, 1.54) is 16.7 Å². The molecule has 1 heterocycles. The van der Waals surface area contributed by atoms with Crippen LogP contribution in [0.25, 0.3) is 0 Å². The zero-order valence-electron chi connectivity index (χ0n) is 10.1. The molecule has 1 aliphatic carbocycles. The Bertz CT molecular complexity index is 544. The topological polar surface area (TPSA) is 43.8 Å². The first-order valence-electron chi connectivity index (χ1n) is 6.02. The molecule has 0 spiro atoms. The number of aryl methyl sites for hydroxylation is 2. The molecule has 2 N–H and O–H groups in total. The Morgan fingerprint density at radius 1 is 1.41 bits per heavy atom. The molecule has 1 aromatic heterocycles. The highest BCUT2D eigenvalue weighted by molar-refractivity contribution is 5.39. The molecular formula is C14H17N3. The van der Waals surface area contributed by atoms with Gasteiger partial charge in [0.25, 0.3) is 0 Å². The van der Waals surface area contributed by atoms with Gasteiger partial charge in [0.05, 0.1) is 6.20 Å². The fourth-order valence-electron chi connectivity index (χ4n) is 2.83. The highest BCUT2D eigenvalue weighted by Crippen LogP contribution is 2.36. The molecule has 3 heteroatoms. The first-order chi connectivity index (χ1) is 8.17. The summed E-state index contributed by atoms with van der Waals surface area (Å²) < 4.78 is 1.83. The van der Waals surface area contributed by atoms with Crippen LogP contribution in [0.2, 0.25) is 0 Å². The van der Waals surface area contributed by atoms with Crippen molar-refractivity contribution >= 4 is 0 Å². The van der Waals surface area contributed by atoms with Gasteiger partial charge in [-0.2, -0.15) is 5.10 Å². The summed E-state index contributed by atoms with van der Waals surface area (Å²) in [6.07, 6.45) is 6.96. The lowest BCUT2D eigenvalue weighted by Crippen LogP contribution is -2.36. The van der Waals surface area contributed by atoms with Crippen LogP contribution in [0.1, 0.15) is 23.1 Å². The average Bonchev–Trinajstić information content (AvgIpc) is 2.86. The molecule has 1 unspecified atom stereocenters. The first-order valence-corrected chi connectivity index (χ1v) is 6.02. The van der Waals surface area contributed by atoms with Crippen molar-refractivity contribution in [2.24, 2.45) is 12.8 Å². The number of hydrogen-bond donors (Lipinski definition) is 1. The summed E-state index contributed by atoms with van der Waals surface area (Å²) in [5.74, 6) is 0. The molecule has 1 aromatic carbocycles. The minimum Gasteiger partial charge on any atom is -0.321 e. The second-order valence-electron chi connectivity index (χ2n) is 5.01. The summed E-state index contributed by atoms with van der Waals surface area (Å²) >= 11 is 0. The largest absolute Gasteiger partial charge is 0.321 e. The van der Waals surface area contributed by atoms with Crippen molar-refractivity contribution in [3.8, 4) is 0 Å². The van der Waals surface area contributed by atoms with E-state index in [1.807, 2.05) is 17.9 Å². The van der Waals surface area contributed by atoms with E-state index >= 15 is 0 Å². The Kier molecular flexibility index (Phi) is 2.30. The predicted molar refractivity (Wildman–Crippen MR) is 67.5 cm³/mol. The smallest absolute Gasteiger partial charge is 0.0522 e. The molecule has 17 heavy (non-hydrogen) atoms. The molecule has 2 aromatic rings. The molecule has 88 valence electrons. The number of hydrogen-bond acceptors (Lipinski definition) is 2. The third-order valence-electron chi connectivity index (χ3n) is 3.67. The number of fused-ring (bicyclic) bond motifs is 1. The summed E-state index contributed by atoms with van der Waals surface area (Å²) in [5, 5.41) is 4.21. The molecule has 0 fully saturated rings. The third-order valence-corrected chi connectivity index (χ3v) is 3.67. The molecular weight excluding hydrogens is 210 g/mol. The van der Waals surface area contributed by atoms with Crippen molar-refractivity contribution < 1.29 is 0 Å². The van der Waals surface area contributed by atoms with Gasteiger partial charge in [-0.25, -0.2) is 0 Å². The Morgan fingerprint density at radius 2 is 2.24 bits per heavy atom. The summed E-state index contributed by atoms with van der Waals surface area (Å²) in [6, 6.07) is 8.52. The van der Waals surface area contributed by atoms with Gasteiger partial charge in [0, 0.05) is 18.8 Å². The SMILES string of the molecule is Cn1cc(CC2(N)CCc3ccccc32)cn1. The number of benzene rings is 1.